The number of fused-ring (bicyclic) bond motifs is 11. The minimum atomic E-state index is -0.547. The van der Waals surface area contributed by atoms with Crippen LogP contribution in [0.2, 0.25) is 0 Å². The number of aromatic nitrogens is 2. The van der Waals surface area contributed by atoms with Crippen molar-refractivity contribution in [2.75, 3.05) is 0 Å². The highest BCUT2D eigenvalue weighted by Gasteiger charge is 2.46. The van der Waals surface area contributed by atoms with Crippen molar-refractivity contribution in [3.05, 3.63) is 360 Å². The molecule has 1 aliphatic rings. The highest BCUT2D eigenvalue weighted by molar-refractivity contribution is 6.13. The molecule has 0 N–H and O–H groups in total. The lowest BCUT2D eigenvalue weighted by molar-refractivity contribution is 0.768. The Bertz CT molecular complexity index is 5070. The van der Waals surface area contributed by atoms with Crippen LogP contribution >= 0.6 is 0 Å². The number of para-hydroxylation sites is 2. The van der Waals surface area contributed by atoms with E-state index >= 15 is 0 Å². The van der Waals surface area contributed by atoms with Gasteiger partial charge in [-0.1, -0.05) is 279 Å². The van der Waals surface area contributed by atoms with E-state index in [-0.39, 0.29) is 0 Å². The first-order valence-electron chi connectivity index (χ1n) is 30.1. The molecule has 14 aromatic carbocycles. The van der Waals surface area contributed by atoms with Gasteiger partial charge in [-0.15, -0.1) is 0 Å². The lowest BCUT2D eigenvalue weighted by atomic mass is 9.67. The van der Waals surface area contributed by atoms with Crippen molar-refractivity contribution >= 4 is 89.5 Å². The minimum absolute atomic E-state index is 0.547. The molecule has 0 unspecified atom stereocenters. The first kappa shape index (κ1) is 50.2. The normalized spacial score (nSPS) is 12.8. The zero-order chi connectivity index (χ0) is 57.4. The molecule has 87 heavy (non-hydrogen) atoms. The van der Waals surface area contributed by atoms with Crippen LogP contribution in [0.25, 0.3) is 134 Å². The number of benzene rings is 14. The van der Waals surface area contributed by atoms with Gasteiger partial charge in [-0.05, 0) is 149 Å². The molecular weight excluding hydrogens is 1050 g/mol. The standard InChI is InChI=1S/C85H56N2/c1-3-21-67(22-4-1)85(68-23-5-2-6-24-68)77-53-59(35-33-57-37-43-61(44-38-57)65-47-51-83-75(55-65)73-27-11-13-29-81(73)86(83)79-31-15-19-63-17-7-9-25-69(63)79)41-49-71(77)72-50-42-60(54-78(72)85)36-34-58-39-45-62(46-40-58)66-48-52-84-76(56-66)74-28-12-14-30-82(74)87(84)80-32-16-20-64-18-8-10-26-70(64)80/h1-56H/b35-33+,36-34+. The minimum Gasteiger partial charge on any atom is -0.309 e. The maximum absolute atomic E-state index is 2.43. The summed E-state index contributed by atoms with van der Waals surface area (Å²) in [7, 11) is 0. The van der Waals surface area contributed by atoms with Gasteiger partial charge in [0.25, 0.3) is 0 Å². The van der Waals surface area contributed by atoms with E-state index in [1.807, 2.05) is 0 Å². The Labute approximate surface area is 505 Å². The molecule has 2 heterocycles. The van der Waals surface area contributed by atoms with Crippen LogP contribution in [0.1, 0.15) is 44.5 Å². The van der Waals surface area contributed by atoms with Gasteiger partial charge in [-0.3, -0.25) is 0 Å². The molecule has 0 bridgehead atoms. The SMILES string of the molecule is C(=C\c1ccc2c(c1)C(c1ccccc1)(c1ccccc1)c1cc(/C=C/c3ccc(-c4ccc5c(c4)c4ccccc4n5-c4cccc5ccccc45)cc3)ccc1-2)/c1ccc(-c2ccc3c(c2)c2ccccc2n3-c2cccc3ccccc23)cc1. The topological polar surface area (TPSA) is 9.86 Å². The van der Waals surface area contributed by atoms with Gasteiger partial charge in [0, 0.05) is 32.3 Å². The predicted octanol–water partition coefficient (Wildman–Crippen LogP) is 22.2. The lowest BCUT2D eigenvalue weighted by Gasteiger charge is -2.34. The van der Waals surface area contributed by atoms with Crippen LogP contribution in [0.15, 0.2) is 315 Å². The van der Waals surface area contributed by atoms with Crippen LogP contribution in [0, 0.1) is 0 Å². The molecule has 0 fully saturated rings. The van der Waals surface area contributed by atoms with Gasteiger partial charge in [0.1, 0.15) is 0 Å². The van der Waals surface area contributed by atoms with Gasteiger partial charge in [0.05, 0.1) is 38.9 Å². The van der Waals surface area contributed by atoms with E-state index in [2.05, 4.69) is 349 Å². The predicted molar refractivity (Wildman–Crippen MR) is 369 cm³/mol. The van der Waals surface area contributed by atoms with Gasteiger partial charge in [-0.25, -0.2) is 0 Å². The summed E-state index contributed by atoms with van der Waals surface area (Å²) in [5, 5.41) is 9.97. The first-order valence-corrected chi connectivity index (χ1v) is 30.1. The Morgan fingerprint density at radius 2 is 0.575 bits per heavy atom. The summed E-state index contributed by atoms with van der Waals surface area (Å²) < 4.78 is 4.86. The summed E-state index contributed by atoms with van der Waals surface area (Å²) in [6.45, 7) is 0. The summed E-state index contributed by atoms with van der Waals surface area (Å²) in [5.74, 6) is 0. The number of hydrogen-bond donors (Lipinski definition) is 0. The number of hydrogen-bond acceptors (Lipinski definition) is 0. The average Bonchev–Trinajstić information content (AvgIpc) is 1.63. The molecule has 0 radical (unpaired) electrons. The first-order chi connectivity index (χ1) is 43.1. The number of rotatable bonds is 10. The summed E-state index contributed by atoms with van der Waals surface area (Å²) in [6.07, 6.45) is 9.05. The quantitative estimate of drug-likeness (QED) is 0.121. The Morgan fingerprint density at radius 3 is 1.02 bits per heavy atom. The largest absolute Gasteiger partial charge is 0.309 e. The molecule has 0 saturated carbocycles. The van der Waals surface area contributed by atoms with E-state index in [0.29, 0.717) is 0 Å². The summed E-state index contributed by atoms with van der Waals surface area (Å²) >= 11 is 0. The highest BCUT2D eigenvalue weighted by atomic mass is 15.0. The van der Waals surface area contributed by atoms with Crippen molar-refractivity contribution in [2.45, 2.75) is 5.41 Å². The van der Waals surface area contributed by atoms with Crippen molar-refractivity contribution < 1.29 is 0 Å². The van der Waals surface area contributed by atoms with E-state index < -0.39 is 5.41 Å². The van der Waals surface area contributed by atoms with Gasteiger partial charge in [0.2, 0.25) is 0 Å². The molecule has 2 aromatic heterocycles. The molecule has 2 heteroatoms. The smallest absolute Gasteiger partial charge is 0.0713 e. The average molecular weight is 1110 g/mol. The molecule has 0 atom stereocenters. The van der Waals surface area contributed by atoms with Crippen LogP contribution < -0.4 is 0 Å². The van der Waals surface area contributed by atoms with Crippen LogP contribution in [-0.4, -0.2) is 9.13 Å². The molecule has 0 saturated heterocycles. The fraction of sp³-hybridized carbons (Fsp3) is 0.0118. The second-order valence-electron chi connectivity index (χ2n) is 23.2. The molecule has 1 aliphatic carbocycles. The monoisotopic (exact) mass is 1100 g/mol. The van der Waals surface area contributed by atoms with Crippen molar-refractivity contribution in [1.82, 2.24) is 9.13 Å². The molecule has 16 aromatic rings. The van der Waals surface area contributed by atoms with Crippen LogP contribution in [0.5, 0.6) is 0 Å². The third-order valence-electron chi connectivity index (χ3n) is 18.4. The highest BCUT2D eigenvalue weighted by Crippen LogP contribution is 2.57. The molecule has 2 nitrogen and oxygen atoms in total. The van der Waals surface area contributed by atoms with Crippen LogP contribution in [-0.2, 0) is 5.41 Å². The van der Waals surface area contributed by atoms with Crippen LogP contribution in [0.4, 0.5) is 0 Å². The Hall–Kier alpha value is -11.3. The zero-order valence-corrected chi connectivity index (χ0v) is 47.7. The maximum atomic E-state index is 2.43. The van der Waals surface area contributed by atoms with Gasteiger partial charge in [-0.2, -0.15) is 0 Å². The van der Waals surface area contributed by atoms with Crippen molar-refractivity contribution in [3.63, 3.8) is 0 Å². The van der Waals surface area contributed by atoms with Gasteiger partial charge >= 0.3 is 0 Å². The molecule has 0 aliphatic heterocycles. The van der Waals surface area contributed by atoms with E-state index in [0.717, 1.165) is 22.3 Å². The maximum Gasteiger partial charge on any atom is 0.0713 e. The third kappa shape index (κ3) is 8.25. The van der Waals surface area contributed by atoms with E-state index in [1.54, 1.807) is 0 Å². The summed E-state index contributed by atoms with van der Waals surface area (Å²) in [6, 6.07) is 116. The molecule has 406 valence electrons. The lowest BCUT2D eigenvalue weighted by Crippen LogP contribution is -2.28. The second kappa shape index (κ2) is 20.5. The fourth-order valence-corrected chi connectivity index (χ4v) is 14.3. The summed E-state index contributed by atoms with van der Waals surface area (Å²) in [5.41, 5.74) is 23.7. The Morgan fingerprint density at radius 1 is 0.230 bits per heavy atom. The third-order valence-corrected chi connectivity index (χ3v) is 18.4. The molecule has 0 amide bonds. The van der Waals surface area contributed by atoms with E-state index in [9.17, 15) is 0 Å². The summed E-state index contributed by atoms with van der Waals surface area (Å²) in [4.78, 5) is 0. The van der Waals surface area contributed by atoms with Crippen molar-refractivity contribution in [2.24, 2.45) is 0 Å². The van der Waals surface area contributed by atoms with E-state index in [4.69, 9.17) is 0 Å². The Kier molecular flexibility index (Phi) is 11.8. The van der Waals surface area contributed by atoms with E-state index in [1.165, 1.54) is 132 Å². The van der Waals surface area contributed by atoms with Gasteiger partial charge in [0.15, 0.2) is 0 Å². The second-order valence-corrected chi connectivity index (χ2v) is 23.2. The molecule has 0 spiro atoms. The van der Waals surface area contributed by atoms with Crippen molar-refractivity contribution in [1.29, 1.82) is 0 Å². The number of nitrogens with zero attached hydrogens (tertiary/aromatic N) is 2. The zero-order valence-electron chi connectivity index (χ0n) is 47.7. The van der Waals surface area contributed by atoms with Crippen molar-refractivity contribution in [3.8, 4) is 44.8 Å². The van der Waals surface area contributed by atoms with Gasteiger partial charge < -0.3 is 9.13 Å². The molecule has 17 rings (SSSR count). The van der Waals surface area contributed by atoms with Crippen LogP contribution in [0.3, 0.4) is 0 Å². The fourth-order valence-electron chi connectivity index (χ4n) is 14.3. The molecular formula is C85H56N2. The Balaban J connectivity index is 0.675.